The van der Waals surface area contributed by atoms with E-state index in [-0.39, 0.29) is 28.6 Å². The number of nitrogens with zero attached hydrogens (tertiary/aromatic N) is 3. The quantitative estimate of drug-likeness (QED) is 0.0795. The molecule has 0 radical (unpaired) electrons. The summed E-state index contributed by atoms with van der Waals surface area (Å²) in [4.78, 5) is 60.9. The number of carbonyl (C=O) groups excluding carboxylic acids is 4. The molecule has 0 aromatic carbocycles. The van der Waals surface area contributed by atoms with Crippen LogP contribution in [0.15, 0.2) is 21.8 Å². The van der Waals surface area contributed by atoms with Crippen LogP contribution in [-0.4, -0.2) is 79.0 Å². The number of β-lactam (4-membered cyclic amide) rings is 1. The number of thiazole rings is 1. The molecule has 2 aliphatic rings. The lowest BCUT2D eigenvalue weighted by Crippen LogP contribution is -2.75. The van der Waals surface area contributed by atoms with Gasteiger partial charge in [0.15, 0.2) is 23.1 Å². The van der Waals surface area contributed by atoms with Gasteiger partial charge in [-0.15, -0.1) is 11.3 Å². The highest BCUT2D eigenvalue weighted by Gasteiger charge is 2.61. The van der Waals surface area contributed by atoms with Crippen LogP contribution < -0.4 is 5.32 Å². The number of hydrogen-bond donors (Lipinski definition) is 1. The lowest BCUT2D eigenvalue weighted by Gasteiger charge is -2.49. The predicted molar refractivity (Wildman–Crippen MR) is 135 cm³/mol. The fraction of sp³-hybridized carbons (Fsp3) is 0.474. The molecule has 15 heteroatoms. The molecule has 1 aromatic heterocycles. The third-order valence-corrected chi connectivity index (χ3v) is 8.67. The molecule has 1 fully saturated rings. The number of rotatable bonds is 8. The van der Waals surface area contributed by atoms with Crippen molar-refractivity contribution < 1.29 is 33.2 Å². The van der Waals surface area contributed by atoms with E-state index in [1.165, 1.54) is 40.2 Å². The molecule has 0 spiro atoms. The second-order valence-electron chi connectivity index (χ2n) is 8.00. The third-order valence-electron chi connectivity index (χ3n) is 5.32. The van der Waals surface area contributed by atoms with Crippen molar-refractivity contribution in [3.8, 4) is 0 Å². The van der Waals surface area contributed by atoms with Crippen molar-refractivity contribution in [1.82, 2.24) is 15.2 Å². The van der Waals surface area contributed by atoms with Crippen molar-refractivity contribution in [1.29, 1.82) is 0 Å². The molecule has 0 saturated carbocycles. The van der Waals surface area contributed by atoms with Gasteiger partial charge in [-0.25, -0.2) is 9.78 Å². The summed E-state index contributed by atoms with van der Waals surface area (Å²) in [7, 11) is 1.20. The maximum absolute atomic E-state index is 13.1. The Bertz CT molecular complexity index is 1110. The highest BCUT2D eigenvalue weighted by atomic mass is 127. The molecule has 1 N–H and O–H groups in total. The van der Waals surface area contributed by atoms with Gasteiger partial charge in [0, 0.05) is 15.4 Å². The summed E-state index contributed by atoms with van der Waals surface area (Å²) in [6.07, 6.45) is 0. The molecule has 11 nitrogen and oxygen atoms in total. The van der Waals surface area contributed by atoms with Crippen molar-refractivity contribution >= 4 is 82.4 Å². The molecule has 2 amide bonds. The van der Waals surface area contributed by atoms with Gasteiger partial charge >= 0.3 is 14.0 Å². The number of fused-ring (bicyclic) bond motifs is 1. The summed E-state index contributed by atoms with van der Waals surface area (Å²) in [5.74, 6) is -2.31. The van der Waals surface area contributed by atoms with Gasteiger partial charge in [0.05, 0.1) is 5.01 Å². The molecule has 182 valence electrons. The maximum Gasteiger partial charge on any atom is 0.337 e. The number of aromatic nitrogens is 1. The monoisotopic (exact) mass is 620 g/mol. The van der Waals surface area contributed by atoms with Crippen LogP contribution in [0.2, 0.25) is 0 Å². The minimum absolute atomic E-state index is 0.0626. The minimum atomic E-state index is -1.55. The maximum atomic E-state index is 13.1. The van der Waals surface area contributed by atoms with E-state index < -0.39 is 46.0 Å². The number of amides is 2. The molecule has 1 aromatic rings. The molecule has 1 unspecified atom stereocenters. The number of alkyl halides is 1. The van der Waals surface area contributed by atoms with Crippen LogP contribution in [0.3, 0.4) is 0 Å². The lowest BCUT2D eigenvalue weighted by atomic mass is 10.0. The Kier molecular flexibility index (Phi) is 8.09. The van der Waals surface area contributed by atoms with Gasteiger partial charge in [0.2, 0.25) is 5.37 Å². The van der Waals surface area contributed by atoms with Crippen molar-refractivity contribution in [2.24, 2.45) is 5.16 Å². The van der Waals surface area contributed by atoms with Crippen molar-refractivity contribution in [2.75, 3.05) is 10.2 Å². The zero-order valence-corrected chi connectivity index (χ0v) is 22.8. The summed E-state index contributed by atoms with van der Waals surface area (Å²) >= 11 is 1.75. The number of Topliss-reactive ketones (excluding diaryl/α,β-unsaturated/α-hetero) is 1. The van der Waals surface area contributed by atoms with E-state index in [2.05, 4.69) is 15.5 Å². The van der Waals surface area contributed by atoms with Crippen LogP contribution in [0.4, 0.5) is 0 Å². The lowest BCUT2D eigenvalue weighted by molar-refractivity contribution is -0.149. The Morgan fingerprint density at radius 1 is 1.47 bits per heavy atom. The number of halogens is 1. The van der Waals surface area contributed by atoms with Crippen LogP contribution in [0.1, 0.15) is 31.5 Å². The highest BCUT2D eigenvalue weighted by Crippen LogP contribution is 2.37. The van der Waals surface area contributed by atoms with Crippen LogP contribution in [-0.2, 0) is 39.8 Å². The number of hydrogen-bond acceptors (Lipinski definition) is 10. The number of carbonyl (C=O) groups is 4. The second kappa shape index (κ2) is 10.3. The van der Waals surface area contributed by atoms with Gasteiger partial charge in [-0.2, -0.15) is 0 Å². The molecule has 2 aliphatic heterocycles. The Labute approximate surface area is 217 Å². The molecule has 3 heterocycles. The van der Waals surface area contributed by atoms with Gasteiger partial charge in [0.1, 0.15) is 17.1 Å². The number of oxime groups is 1. The van der Waals surface area contributed by atoms with Gasteiger partial charge in [-0.05, 0) is 38.9 Å². The first-order valence-corrected chi connectivity index (χ1v) is 13.8. The van der Waals surface area contributed by atoms with Gasteiger partial charge in [-0.3, -0.25) is 19.3 Å². The standard InChI is InChI=1S/C19H22BIN4O7S2/c1-8(26)19(3,4)32-24-12(11-6-33-9(2)22-11)15(27)23-13-16(28)25-14(18(29)31-20)10(5-21)7-34(30)17(13)25/h6,13,17H,5,7,20H2,1-4H3,(H,23,27)/b24-12-/t13-,17-,34?/m1/s1. The van der Waals surface area contributed by atoms with E-state index >= 15 is 0 Å². The molecular weight excluding hydrogens is 598 g/mol. The number of ketones is 1. The van der Waals surface area contributed by atoms with E-state index in [4.69, 9.17) is 9.49 Å². The largest absolute Gasteiger partial charge is 0.614 e. The molecule has 0 aliphatic carbocycles. The summed E-state index contributed by atoms with van der Waals surface area (Å²) < 4.78 is 18.1. The fourth-order valence-electron chi connectivity index (χ4n) is 3.15. The number of nitrogens with one attached hydrogen (secondary N) is 1. The molecule has 1 saturated heterocycles. The van der Waals surface area contributed by atoms with Gasteiger partial charge in [0.25, 0.3) is 11.8 Å². The van der Waals surface area contributed by atoms with Gasteiger partial charge in [-0.1, -0.05) is 27.7 Å². The zero-order valence-electron chi connectivity index (χ0n) is 19.0. The van der Waals surface area contributed by atoms with Crippen LogP contribution in [0.5, 0.6) is 0 Å². The predicted octanol–water partition coefficient (Wildman–Crippen LogP) is -0.264. The minimum Gasteiger partial charge on any atom is -0.614 e. The summed E-state index contributed by atoms with van der Waals surface area (Å²) in [5, 5.41) is 7.77. The fourth-order valence-corrected chi connectivity index (χ4v) is 6.43. The first kappa shape index (κ1) is 26.6. The molecule has 0 bridgehead atoms. The Morgan fingerprint density at radius 3 is 2.68 bits per heavy atom. The Balaban J connectivity index is 1.88. The van der Waals surface area contributed by atoms with E-state index in [1.54, 1.807) is 12.3 Å². The summed E-state index contributed by atoms with van der Waals surface area (Å²) in [5.41, 5.74) is -0.716. The first-order valence-electron chi connectivity index (χ1n) is 10.00. The van der Waals surface area contributed by atoms with Crippen LogP contribution in [0.25, 0.3) is 0 Å². The van der Waals surface area contributed by atoms with E-state index in [1.807, 2.05) is 22.6 Å². The van der Waals surface area contributed by atoms with Crippen molar-refractivity contribution in [3.05, 3.63) is 27.4 Å². The Hall–Kier alpha value is -1.98. The summed E-state index contributed by atoms with van der Waals surface area (Å²) in [6.45, 7) is 6.09. The number of aryl methyl sites for hydroxylation is 1. The SMILES string of the molecule is BOC(=O)C1=C(CI)C[S+]([O-])[C@@H]2[C@H](NC(=O)/C(=N\OC(C)(C)C(C)=O)c3csc(C)n3)C(=O)N12. The summed E-state index contributed by atoms with van der Waals surface area (Å²) in [6, 6.07) is -1.14. The average Bonchev–Trinajstić information content (AvgIpc) is 3.21. The molecule has 3 atom stereocenters. The van der Waals surface area contributed by atoms with Crippen molar-refractivity contribution in [3.63, 3.8) is 0 Å². The first-order chi connectivity index (χ1) is 15.9. The molecule has 34 heavy (non-hydrogen) atoms. The molecule has 3 rings (SSSR count). The van der Waals surface area contributed by atoms with E-state index in [0.29, 0.717) is 15.0 Å². The smallest absolute Gasteiger partial charge is 0.337 e. The zero-order chi connectivity index (χ0) is 25.4. The molecular formula is C19H22BIN4O7S2. The normalized spacial score (nSPS) is 22.6. The second-order valence-corrected chi connectivity index (χ2v) is 11.4. The van der Waals surface area contributed by atoms with E-state index in [9.17, 15) is 23.7 Å². The Morgan fingerprint density at radius 2 is 2.15 bits per heavy atom. The van der Waals surface area contributed by atoms with Crippen molar-refractivity contribution in [2.45, 2.75) is 44.7 Å². The van der Waals surface area contributed by atoms with Crippen LogP contribution >= 0.6 is 33.9 Å². The van der Waals surface area contributed by atoms with Crippen LogP contribution in [0, 0.1) is 6.92 Å². The van der Waals surface area contributed by atoms with Gasteiger partial charge < -0.3 is 19.4 Å². The topological polar surface area (TPSA) is 150 Å². The van der Waals surface area contributed by atoms with E-state index in [0.717, 1.165) is 4.90 Å². The third kappa shape index (κ3) is 5.01. The highest BCUT2D eigenvalue weighted by molar-refractivity contribution is 14.1. The average molecular weight is 620 g/mol.